The number of nitrogen functional groups attached to an aromatic ring is 1. The summed E-state index contributed by atoms with van der Waals surface area (Å²) in [5.74, 6) is 0.181. The van der Waals surface area contributed by atoms with Gasteiger partial charge in [0, 0.05) is 61.4 Å². The summed E-state index contributed by atoms with van der Waals surface area (Å²) >= 11 is 0. The molecule has 0 aliphatic carbocycles. The molecule has 3 aromatic heterocycles. The number of benzene rings is 1. The Hall–Kier alpha value is -3.96. The number of nitrogens with zero attached hydrogens (tertiary/aromatic N) is 7. The number of hydrogen-bond acceptors (Lipinski definition) is 8. The van der Waals surface area contributed by atoms with Gasteiger partial charge in [-0.2, -0.15) is 10.2 Å². The summed E-state index contributed by atoms with van der Waals surface area (Å²) in [7, 11) is 0. The van der Waals surface area contributed by atoms with Gasteiger partial charge in [-0.1, -0.05) is 12.1 Å². The Labute approximate surface area is 226 Å². The molecule has 0 unspecified atom stereocenters. The number of nitrogens with two attached hydrogens (primary N) is 1. The molecule has 11 nitrogen and oxygen atoms in total. The smallest absolute Gasteiger partial charge is 0.248 e. The number of hydrogen-bond donors (Lipinski definition) is 2. The van der Waals surface area contributed by atoms with Crippen LogP contribution in [0.4, 0.5) is 11.5 Å². The number of piperazine rings is 1. The second-order valence-electron chi connectivity index (χ2n) is 10.5. The predicted octanol–water partition coefficient (Wildman–Crippen LogP) is 2.61. The van der Waals surface area contributed by atoms with Crippen molar-refractivity contribution in [2.75, 3.05) is 43.5 Å². The van der Waals surface area contributed by atoms with Crippen LogP contribution in [-0.4, -0.2) is 85.3 Å². The van der Waals surface area contributed by atoms with Gasteiger partial charge in [0.15, 0.2) is 5.82 Å². The first kappa shape index (κ1) is 25.3. The first-order valence-electron chi connectivity index (χ1n) is 13.5. The van der Waals surface area contributed by atoms with Gasteiger partial charge in [-0.05, 0) is 51.0 Å². The van der Waals surface area contributed by atoms with Crippen molar-refractivity contribution in [2.45, 2.75) is 44.8 Å². The lowest BCUT2D eigenvalue weighted by Crippen LogP contribution is -2.58. The second kappa shape index (κ2) is 10.3. The van der Waals surface area contributed by atoms with Crippen LogP contribution in [0.1, 0.15) is 32.7 Å². The fourth-order valence-corrected chi connectivity index (χ4v) is 6.18. The molecule has 4 aromatic rings. The predicted molar refractivity (Wildman–Crippen MR) is 148 cm³/mol. The maximum Gasteiger partial charge on any atom is 0.248 e. The van der Waals surface area contributed by atoms with Crippen LogP contribution in [-0.2, 0) is 9.53 Å². The van der Waals surface area contributed by atoms with Gasteiger partial charge in [-0.15, -0.1) is 0 Å². The third-order valence-corrected chi connectivity index (χ3v) is 7.91. The highest BCUT2D eigenvalue weighted by molar-refractivity contribution is 5.91. The number of anilines is 2. The van der Waals surface area contributed by atoms with Crippen LogP contribution in [0, 0.1) is 0 Å². The molecule has 3 N–H and O–H groups in total. The first-order valence-corrected chi connectivity index (χ1v) is 13.5. The summed E-state index contributed by atoms with van der Waals surface area (Å²) in [5.41, 5.74) is 12.1. The molecule has 2 fully saturated rings. The number of ether oxygens (including phenoxy) is 1. The van der Waals surface area contributed by atoms with E-state index < -0.39 is 6.61 Å². The Kier molecular flexibility index (Phi) is 6.69. The molecule has 11 heteroatoms. The number of fused-ring (bicyclic) bond motifs is 1. The molecule has 204 valence electrons. The van der Waals surface area contributed by atoms with E-state index >= 15 is 0 Å². The summed E-state index contributed by atoms with van der Waals surface area (Å²) in [5, 5.41) is 18.6. The van der Waals surface area contributed by atoms with Crippen LogP contribution >= 0.6 is 0 Å². The zero-order valence-corrected chi connectivity index (χ0v) is 22.3. The van der Waals surface area contributed by atoms with Crippen LogP contribution in [0.3, 0.4) is 0 Å². The number of aliphatic hydroxyl groups excluding tert-OH is 1. The van der Waals surface area contributed by atoms with Gasteiger partial charge in [0.2, 0.25) is 5.91 Å². The van der Waals surface area contributed by atoms with E-state index in [1.165, 1.54) is 6.33 Å². The highest BCUT2D eigenvalue weighted by Crippen LogP contribution is 2.38. The topological polar surface area (TPSA) is 127 Å². The van der Waals surface area contributed by atoms with Gasteiger partial charge in [-0.25, -0.2) is 9.50 Å². The molecule has 0 saturated carbocycles. The molecule has 0 spiro atoms. The maximum atomic E-state index is 12.1. The summed E-state index contributed by atoms with van der Waals surface area (Å²) in [6, 6.07) is 13.0. The molecular weight excluding hydrogens is 496 g/mol. The maximum absolute atomic E-state index is 12.1. The summed E-state index contributed by atoms with van der Waals surface area (Å²) in [6.45, 7) is 6.33. The molecule has 0 radical (unpaired) electrons. The Morgan fingerprint density at radius 1 is 1.08 bits per heavy atom. The summed E-state index contributed by atoms with van der Waals surface area (Å²) < 4.78 is 9.52. The van der Waals surface area contributed by atoms with Crippen molar-refractivity contribution in [1.82, 2.24) is 29.3 Å². The SMILES string of the molecule is C[C@@H]1CN(C(=O)CO)C[C@H](C)N1c1cccc(-c2cc(-c3ccnn3C3CCOCC3)c3c(N)ncnn23)c1. The number of aliphatic hydroxyl groups is 1. The van der Waals surface area contributed by atoms with E-state index in [1.807, 2.05) is 22.8 Å². The van der Waals surface area contributed by atoms with Crippen molar-refractivity contribution < 1.29 is 14.6 Å². The molecule has 39 heavy (non-hydrogen) atoms. The monoisotopic (exact) mass is 530 g/mol. The van der Waals surface area contributed by atoms with Crippen molar-refractivity contribution >= 4 is 22.9 Å². The molecule has 6 rings (SSSR count). The largest absolute Gasteiger partial charge is 0.387 e. The number of aromatic nitrogens is 5. The number of rotatable bonds is 5. The van der Waals surface area contributed by atoms with Gasteiger partial charge in [0.25, 0.3) is 0 Å². The fourth-order valence-electron chi connectivity index (χ4n) is 6.18. The highest BCUT2D eigenvalue weighted by Gasteiger charge is 2.32. The minimum absolute atomic E-state index is 0.0888. The third-order valence-electron chi connectivity index (χ3n) is 7.91. The summed E-state index contributed by atoms with van der Waals surface area (Å²) in [6.07, 6.45) is 5.14. The van der Waals surface area contributed by atoms with Crippen molar-refractivity contribution in [3.05, 3.63) is 48.9 Å². The van der Waals surface area contributed by atoms with Crippen molar-refractivity contribution in [3.63, 3.8) is 0 Å². The first-order chi connectivity index (χ1) is 19.0. The Morgan fingerprint density at radius 2 is 1.85 bits per heavy atom. The van der Waals surface area contributed by atoms with E-state index in [2.05, 4.69) is 62.9 Å². The lowest BCUT2D eigenvalue weighted by Gasteiger charge is -2.45. The third kappa shape index (κ3) is 4.51. The molecule has 2 aliphatic heterocycles. The molecule has 2 aliphatic rings. The Bertz CT molecular complexity index is 1480. The lowest BCUT2D eigenvalue weighted by molar-refractivity contribution is -0.135. The lowest BCUT2D eigenvalue weighted by atomic mass is 10.0. The minimum atomic E-state index is -0.461. The van der Waals surface area contributed by atoms with Crippen LogP contribution in [0.25, 0.3) is 28.0 Å². The minimum Gasteiger partial charge on any atom is -0.387 e. The van der Waals surface area contributed by atoms with Gasteiger partial charge in [-0.3, -0.25) is 9.48 Å². The Morgan fingerprint density at radius 3 is 2.59 bits per heavy atom. The van der Waals surface area contributed by atoms with E-state index in [-0.39, 0.29) is 24.0 Å². The van der Waals surface area contributed by atoms with E-state index in [4.69, 9.17) is 10.5 Å². The van der Waals surface area contributed by atoms with Gasteiger partial charge in [0.05, 0.1) is 17.4 Å². The number of carbonyl (C=O) groups is 1. The fraction of sp³-hybridized carbons (Fsp3) is 0.429. The molecule has 0 bridgehead atoms. The van der Waals surface area contributed by atoms with Crippen molar-refractivity contribution in [3.8, 4) is 22.5 Å². The number of carbonyl (C=O) groups excluding carboxylic acids is 1. The zero-order valence-electron chi connectivity index (χ0n) is 22.3. The molecule has 5 heterocycles. The van der Waals surface area contributed by atoms with Crippen LogP contribution in [0.15, 0.2) is 48.9 Å². The Balaban J connectivity index is 1.40. The van der Waals surface area contributed by atoms with Gasteiger partial charge < -0.3 is 25.4 Å². The average molecular weight is 531 g/mol. The van der Waals surface area contributed by atoms with Crippen molar-refractivity contribution in [1.29, 1.82) is 0 Å². The molecule has 1 aromatic carbocycles. The molecule has 2 atom stereocenters. The summed E-state index contributed by atoms with van der Waals surface area (Å²) in [4.78, 5) is 20.5. The van der Waals surface area contributed by atoms with E-state index in [9.17, 15) is 9.90 Å². The van der Waals surface area contributed by atoms with E-state index in [1.54, 1.807) is 4.90 Å². The van der Waals surface area contributed by atoms with Crippen molar-refractivity contribution in [2.24, 2.45) is 0 Å². The van der Waals surface area contributed by atoms with Gasteiger partial charge >= 0.3 is 0 Å². The van der Waals surface area contributed by atoms with Crippen LogP contribution in [0.5, 0.6) is 0 Å². The number of amides is 1. The average Bonchev–Trinajstić information content (AvgIpc) is 3.59. The van der Waals surface area contributed by atoms with E-state index in [0.717, 1.165) is 59.8 Å². The van der Waals surface area contributed by atoms with Gasteiger partial charge in [0.1, 0.15) is 18.5 Å². The zero-order chi connectivity index (χ0) is 27.1. The van der Waals surface area contributed by atoms with Crippen LogP contribution in [0.2, 0.25) is 0 Å². The highest BCUT2D eigenvalue weighted by atomic mass is 16.5. The second-order valence-corrected chi connectivity index (χ2v) is 10.5. The molecule has 1 amide bonds. The normalized spacial score (nSPS) is 20.6. The quantitative estimate of drug-likeness (QED) is 0.403. The van der Waals surface area contributed by atoms with E-state index in [0.29, 0.717) is 18.9 Å². The molecule has 2 saturated heterocycles. The molecular formula is C28H34N8O3. The van der Waals surface area contributed by atoms with Crippen LogP contribution < -0.4 is 10.6 Å². The standard InChI is InChI=1S/C28H34N8O3/c1-18-14-33(26(38)16-37)15-19(2)34(18)22-5-3-4-20(12-22)25-13-23(27-28(29)30-17-32-36(25)27)24-6-9-31-35(24)21-7-10-39-11-8-21/h3-6,9,12-13,17-19,21,37H,7-8,10-11,14-16H2,1-2H3,(H2,29,30,32)/t18-,19+.